The Morgan fingerprint density at radius 1 is 1.13 bits per heavy atom. The lowest BCUT2D eigenvalue weighted by molar-refractivity contribution is -0.384. The maximum absolute atomic E-state index is 13.6. The minimum Gasteiger partial charge on any atom is -0.454 e. The fourth-order valence-electron chi connectivity index (χ4n) is 2.15. The van der Waals surface area contributed by atoms with Crippen molar-refractivity contribution in [3.8, 4) is 0 Å². The minimum atomic E-state index is -4.77. The third-order valence-corrected chi connectivity index (χ3v) is 4.01. The van der Waals surface area contributed by atoms with Gasteiger partial charge in [-0.15, -0.1) is 0 Å². The number of amides is 1. The summed E-state index contributed by atoms with van der Waals surface area (Å²) in [6, 6.07) is 5.62. The van der Waals surface area contributed by atoms with E-state index in [1.54, 1.807) is 0 Å². The van der Waals surface area contributed by atoms with Gasteiger partial charge in [0.05, 0.1) is 16.2 Å². The lowest BCUT2D eigenvalue weighted by Crippen LogP contribution is -2.24. The number of rotatable bonds is 7. The zero-order valence-electron chi connectivity index (χ0n) is 14.8. The van der Waals surface area contributed by atoms with E-state index >= 15 is 0 Å². The monoisotopic (exact) mass is 493 g/mol. The van der Waals surface area contributed by atoms with Crippen LogP contribution in [0.15, 0.2) is 40.9 Å². The number of nitro groups is 1. The number of esters is 1. The quantitative estimate of drug-likeness (QED) is 0.260. The number of carbonyl (C=O) groups is 2. The summed E-state index contributed by atoms with van der Waals surface area (Å²) in [7, 11) is 0. The summed E-state index contributed by atoms with van der Waals surface area (Å²) in [5.41, 5.74) is -2.59. The molecule has 0 saturated carbocycles. The summed E-state index contributed by atoms with van der Waals surface area (Å²) in [4.78, 5) is 33.4. The van der Waals surface area contributed by atoms with Crippen LogP contribution < -0.4 is 10.6 Å². The number of alkyl halides is 3. The maximum Gasteiger partial charge on any atom is 0.416 e. The van der Waals surface area contributed by atoms with Gasteiger partial charge < -0.3 is 15.4 Å². The molecule has 13 heteroatoms. The van der Waals surface area contributed by atoms with Crippen molar-refractivity contribution in [1.82, 2.24) is 0 Å². The molecule has 2 rings (SSSR count). The second-order valence-corrected chi connectivity index (χ2v) is 6.59. The van der Waals surface area contributed by atoms with Gasteiger partial charge in [0, 0.05) is 10.5 Å². The molecule has 0 atom stereocenters. The predicted molar refractivity (Wildman–Crippen MR) is 100 cm³/mol. The Morgan fingerprint density at radius 2 is 1.80 bits per heavy atom. The summed E-state index contributed by atoms with van der Waals surface area (Å²) < 4.78 is 56.8. The Balaban J connectivity index is 1.91. The van der Waals surface area contributed by atoms with Crippen molar-refractivity contribution in [2.75, 3.05) is 23.8 Å². The van der Waals surface area contributed by atoms with Gasteiger partial charge >= 0.3 is 12.1 Å². The third-order valence-electron chi connectivity index (χ3n) is 3.51. The number of benzene rings is 2. The van der Waals surface area contributed by atoms with Gasteiger partial charge in [0.2, 0.25) is 0 Å². The van der Waals surface area contributed by atoms with E-state index in [-0.39, 0.29) is 11.4 Å². The van der Waals surface area contributed by atoms with E-state index in [0.717, 1.165) is 12.1 Å². The summed E-state index contributed by atoms with van der Waals surface area (Å²) >= 11 is 3.05. The molecule has 30 heavy (non-hydrogen) atoms. The Bertz CT molecular complexity index is 984. The van der Waals surface area contributed by atoms with Crippen LogP contribution in [0, 0.1) is 15.9 Å². The second-order valence-electron chi connectivity index (χ2n) is 5.67. The molecule has 160 valence electrons. The second kappa shape index (κ2) is 9.52. The number of carbonyl (C=O) groups excluding carboxylic acids is 2. The lowest BCUT2D eigenvalue weighted by atomic mass is 10.1. The van der Waals surface area contributed by atoms with E-state index in [2.05, 4.69) is 31.3 Å². The van der Waals surface area contributed by atoms with Gasteiger partial charge in [-0.1, -0.05) is 15.9 Å². The molecule has 0 saturated heterocycles. The van der Waals surface area contributed by atoms with Crippen LogP contribution in [0.1, 0.15) is 5.56 Å². The molecule has 0 unspecified atom stereocenters. The topological polar surface area (TPSA) is 111 Å². The van der Waals surface area contributed by atoms with Gasteiger partial charge in [-0.3, -0.25) is 19.7 Å². The highest BCUT2D eigenvalue weighted by Crippen LogP contribution is 2.34. The van der Waals surface area contributed by atoms with Crippen LogP contribution >= 0.6 is 15.9 Å². The number of nitrogens with one attached hydrogen (secondary N) is 2. The predicted octanol–water partition coefficient (Wildman–Crippen LogP) is 4.11. The summed E-state index contributed by atoms with van der Waals surface area (Å²) in [5.74, 6) is -2.58. The van der Waals surface area contributed by atoms with Crippen molar-refractivity contribution in [2.45, 2.75) is 6.18 Å². The number of nitro benzene ring substituents is 1. The van der Waals surface area contributed by atoms with E-state index in [1.165, 1.54) is 12.1 Å². The molecule has 0 aliphatic heterocycles. The van der Waals surface area contributed by atoms with Crippen molar-refractivity contribution < 1.29 is 36.8 Å². The first-order valence-electron chi connectivity index (χ1n) is 7.97. The van der Waals surface area contributed by atoms with Gasteiger partial charge in [-0.2, -0.15) is 13.2 Å². The number of ether oxygens (including phenoxy) is 1. The molecule has 0 heterocycles. The van der Waals surface area contributed by atoms with Crippen LogP contribution in [0.5, 0.6) is 0 Å². The van der Waals surface area contributed by atoms with Crippen LogP contribution in [0.3, 0.4) is 0 Å². The molecule has 2 aromatic carbocycles. The van der Waals surface area contributed by atoms with Gasteiger partial charge in [-0.05, 0) is 30.3 Å². The first kappa shape index (κ1) is 23.1. The van der Waals surface area contributed by atoms with Gasteiger partial charge in [-0.25, -0.2) is 4.39 Å². The minimum absolute atomic E-state index is 0.141. The Labute approximate surface area is 174 Å². The number of hydrogen-bond acceptors (Lipinski definition) is 6. The average Bonchev–Trinajstić information content (AvgIpc) is 2.66. The van der Waals surface area contributed by atoms with Crippen LogP contribution in [-0.4, -0.2) is 30.0 Å². The van der Waals surface area contributed by atoms with Crippen molar-refractivity contribution in [3.63, 3.8) is 0 Å². The fourth-order valence-corrected chi connectivity index (χ4v) is 2.48. The molecule has 8 nitrogen and oxygen atoms in total. The molecule has 0 fully saturated rings. The normalized spacial score (nSPS) is 11.0. The molecule has 0 bridgehead atoms. The van der Waals surface area contributed by atoms with E-state index in [9.17, 15) is 37.3 Å². The van der Waals surface area contributed by atoms with Crippen LogP contribution in [-0.2, 0) is 20.5 Å². The smallest absolute Gasteiger partial charge is 0.416 e. The van der Waals surface area contributed by atoms with Crippen LogP contribution in [0.4, 0.5) is 34.6 Å². The summed E-state index contributed by atoms with van der Waals surface area (Å²) in [5, 5.41) is 15.4. The van der Waals surface area contributed by atoms with E-state index < -0.39 is 53.2 Å². The molecule has 0 radical (unpaired) electrons. The van der Waals surface area contributed by atoms with Gasteiger partial charge in [0.1, 0.15) is 18.0 Å². The highest BCUT2D eigenvalue weighted by Gasteiger charge is 2.33. The molecule has 0 aromatic heterocycles. The molecule has 0 spiro atoms. The first-order valence-corrected chi connectivity index (χ1v) is 8.76. The zero-order chi connectivity index (χ0) is 22.5. The van der Waals surface area contributed by atoms with Crippen LogP contribution in [0.2, 0.25) is 0 Å². The number of nitrogens with zero attached hydrogens (tertiary/aromatic N) is 1. The largest absolute Gasteiger partial charge is 0.454 e. The van der Waals surface area contributed by atoms with E-state index in [4.69, 9.17) is 0 Å². The average molecular weight is 494 g/mol. The lowest BCUT2D eigenvalue weighted by Gasteiger charge is -2.11. The molecular formula is C17H12BrF4N3O5. The van der Waals surface area contributed by atoms with Crippen molar-refractivity contribution >= 4 is 44.9 Å². The van der Waals surface area contributed by atoms with Crippen LogP contribution in [0.25, 0.3) is 0 Å². The molecule has 1 amide bonds. The molecular weight excluding hydrogens is 482 g/mol. The SMILES string of the molecule is O=C(COC(=O)CNc1ccc(C(F)(F)F)cc1[N+](=O)[O-])Nc1ccc(Br)cc1F. The standard InChI is InChI=1S/C17H12BrF4N3O5/c18-10-2-4-12(11(19)6-10)24-15(26)8-30-16(27)7-23-13-3-1-9(17(20,21)22)5-14(13)25(28)29/h1-6,23H,7-8H2,(H,24,26). The summed E-state index contributed by atoms with van der Waals surface area (Å²) in [6.45, 7) is -1.43. The number of hydrogen-bond donors (Lipinski definition) is 2. The van der Waals surface area contributed by atoms with Crippen molar-refractivity contribution in [2.24, 2.45) is 0 Å². The molecule has 2 N–H and O–H groups in total. The zero-order valence-corrected chi connectivity index (χ0v) is 16.3. The van der Waals surface area contributed by atoms with Gasteiger partial charge in [0.15, 0.2) is 6.61 Å². The number of halogens is 5. The number of anilines is 2. The molecule has 0 aliphatic rings. The highest BCUT2D eigenvalue weighted by atomic mass is 79.9. The Hall–Kier alpha value is -3.22. The Morgan fingerprint density at radius 3 is 2.40 bits per heavy atom. The first-order chi connectivity index (χ1) is 14.0. The van der Waals surface area contributed by atoms with Crippen molar-refractivity contribution in [1.29, 1.82) is 0 Å². The van der Waals surface area contributed by atoms with Gasteiger partial charge in [0.25, 0.3) is 11.6 Å². The van der Waals surface area contributed by atoms with E-state index in [0.29, 0.717) is 16.6 Å². The maximum atomic E-state index is 13.6. The summed E-state index contributed by atoms with van der Waals surface area (Å²) in [6.07, 6.45) is -4.77. The highest BCUT2D eigenvalue weighted by molar-refractivity contribution is 9.10. The fraction of sp³-hybridized carbons (Fsp3) is 0.176. The van der Waals surface area contributed by atoms with E-state index in [1.807, 2.05) is 0 Å². The molecule has 2 aromatic rings. The molecule has 0 aliphatic carbocycles. The van der Waals surface area contributed by atoms with Crippen molar-refractivity contribution in [3.05, 3.63) is 62.4 Å². The third kappa shape index (κ3) is 6.40. The Kier molecular flexibility index (Phi) is 7.32.